The van der Waals surface area contributed by atoms with Crippen LogP contribution < -0.4 is 9.62 Å². The van der Waals surface area contributed by atoms with Crippen LogP contribution in [0.5, 0.6) is 0 Å². The Kier molecular flexibility index (Phi) is 10.4. The average Bonchev–Trinajstić information content (AvgIpc) is 2.78. The third kappa shape index (κ3) is 7.85. The van der Waals surface area contributed by atoms with E-state index in [0.717, 1.165) is 22.5 Å². The molecule has 7 nitrogen and oxygen atoms in total. The van der Waals surface area contributed by atoms with Crippen molar-refractivity contribution in [1.82, 2.24) is 10.2 Å². The molecule has 0 radical (unpaired) electrons. The summed E-state index contributed by atoms with van der Waals surface area (Å²) >= 11 is 12.7. The molecule has 0 saturated heterocycles. The Morgan fingerprint density at radius 1 is 1.00 bits per heavy atom. The van der Waals surface area contributed by atoms with E-state index in [9.17, 15) is 18.0 Å². The predicted molar refractivity (Wildman–Crippen MR) is 142 cm³/mol. The van der Waals surface area contributed by atoms with Crippen molar-refractivity contribution in [3.8, 4) is 0 Å². The number of amides is 2. The minimum absolute atomic E-state index is 0.0464. The molecule has 0 aromatic heterocycles. The van der Waals surface area contributed by atoms with Gasteiger partial charge in [0.15, 0.2) is 0 Å². The van der Waals surface area contributed by atoms with E-state index in [-0.39, 0.29) is 18.5 Å². The number of hydrogen-bond donors (Lipinski definition) is 1. The van der Waals surface area contributed by atoms with Crippen molar-refractivity contribution in [3.05, 3.63) is 63.6 Å². The van der Waals surface area contributed by atoms with Crippen LogP contribution in [0, 0.1) is 6.92 Å². The first-order chi connectivity index (χ1) is 16.4. The summed E-state index contributed by atoms with van der Waals surface area (Å²) in [4.78, 5) is 28.2. The van der Waals surface area contributed by atoms with Gasteiger partial charge >= 0.3 is 0 Å². The molecule has 0 fully saturated rings. The van der Waals surface area contributed by atoms with Crippen molar-refractivity contribution in [2.24, 2.45) is 0 Å². The van der Waals surface area contributed by atoms with E-state index in [2.05, 4.69) is 5.32 Å². The molecular formula is C25H33Cl2N3O4S. The van der Waals surface area contributed by atoms with Gasteiger partial charge in [0.1, 0.15) is 12.6 Å². The lowest BCUT2D eigenvalue weighted by Crippen LogP contribution is -2.53. The zero-order valence-corrected chi connectivity index (χ0v) is 23.0. The van der Waals surface area contributed by atoms with Crippen LogP contribution in [0.3, 0.4) is 0 Å². The molecule has 2 atom stereocenters. The smallest absolute Gasteiger partial charge is 0.244 e. The molecular weight excluding hydrogens is 509 g/mol. The van der Waals surface area contributed by atoms with E-state index in [0.29, 0.717) is 27.7 Å². The summed E-state index contributed by atoms with van der Waals surface area (Å²) in [6.07, 6.45) is 2.09. The summed E-state index contributed by atoms with van der Waals surface area (Å²) < 4.78 is 26.3. The Bertz CT molecular complexity index is 1120. The molecule has 0 saturated carbocycles. The Hall–Kier alpha value is -2.29. The number of carbonyl (C=O) groups excluding carboxylic acids is 2. The molecule has 0 heterocycles. The summed E-state index contributed by atoms with van der Waals surface area (Å²) in [6, 6.07) is 10.9. The van der Waals surface area contributed by atoms with Crippen LogP contribution in [0.25, 0.3) is 0 Å². The van der Waals surface area contributed by atoms with Crippen molar-refractivity contribution < 1.29 is 18.0 Å². The lowest BCUT2D eigenvalue weighted by atomic mass is 10.1. The Morgan fingerprint density at radius 2 is 1.57 bits per heavy atom. The van der Waals surface area contributed by atoms with E-state index in [1.807, 2.05) is 20.8 Å². The number of anilines is 1. The fourth-order valence-electron chi connectivity index (χ4n) is 3.54. The first-order valence-electron chi connectivity index (χ1n) is 11.5. The molecule has 35 heavy (non-hydrogen) atoms. The molecule has 0 aliphatic heterocycles. The molecule has 1 N–H and O–H groups in total. The van der Waals surface area contributed by atoms with Crippen LogP contribution >= 0.6 is 23.2 Å². The van der Waals surface area contributed by atoms with Gasteiger partial charge in [0, 0.05) is 28.2 Å². The lowest BCUT2D eigenvalue weighted by Gasteiger charge is -2.33. The number of halogens is 2. The van der Waals surface area contributed by atoms with Gasteiger partial charge in [0.25, 0.3) is 0 Å². The fourth-order valence-corrected chi connectivity index (χ4v) is 4.91. The zero-order valence-electron chi connectivity index (χ0n) is 20.7. The molecule has 2 aromatic carbocycles. The lowest BCUT2D eigenvalue weighted by molar-refractivity contribution is -0.140. The Balaban J connectivity index is 2.49. The second kappa shape index (κ2) is 12.6. The summed E-state index contributed by atoms with van der Waals surface area (Å²) in [5, 5.41) is 3.63. The fraction of sp³-hybridized carbons (Fsp3) is 0.440. The van der Waals surface area contributed by atoms with Gasteiger partial charge in [0.05, 0.1) is 11.9 Å². The van der Waals surface area contributed by atoms with E-state index in [4.69, 9.17) is 23.2 Å². The molecule has 2 unspecified atom stereocenters. The Morgan fingerprint density at radius 3 is 2.06 bits per heavy atom. The normalized spacial score (nSPS) is 13.1. The summed E-state index contributed by atoms with van der Waals surface area (Å²) in [5.74, 6) is -0.863. The number of benzene rings is 2. The highest BCUT2D eigenvalue weighted by atomic mass is 35.5. The number of carbonyl (C=O) groups is 2. The van der Waals surface area contributed by atoms with Crippen molar-refractivity contribution in [2.75, 3.05) is 17.1 Å². The Labute approximate surface area is 218 Å². The van der Waals surface area contributed by atoms with Crippen LogP contribution in [0.1, 0.15) is 44.7 Å². The number of rotatable bonds is 11. The summed E-state index contributed by atoms with van der Waals surface area (Å²) in [6.45, 7) is 6.99. The van der Waals surface area contributed by atoms with Gasteiger partial charge in [-0.3, -0.25) is 13.9 Å². The topological polar surface area (TPSA) is 86.8 Å². The van der Waals surface area contributed by atoms with Gasteiger partial charge < -0.3 is 10.2 Å². The third-order valence-electron chi connectivity index (χ3n) is 5.78. The number of aryl methyl sites for hydroxylation is 1. The highest BCUT2D eigenvalue weighted by Crippen LogP contribution is 2.27. The SMILES string of the molecule is CCC(C)NC(=O)C(CC)N(Cc1c(Cl)cccc1Cl)C(=O)CN(c1ccc(C)cc1)S(C)(=O)=O. The minimum atomic E-state index is -3.79. The molecule has 0 spiro atoms. The number of nitrogens with zero attached hydrogens (tertiary/aromatic N) is 2. The monoisotopic (exact) mass is 541 g/mol. The van der Waals surface area contributed by atoms with Gasteiger partial charge in [-0.25, -0.2) is 8.42 Å². The standard InChI is InChI=1S/C25H33Cl2N3O4S/c1-6-18(4)28-25(32)23(7-2)29(15-20-21(26)9-8-10-22(20)27)24(31)16-30(35(5,33)34)19-13-11-17(3)12-14-19/h8-14,18,23H,6-7,15-16H2,1-5H3,(H,28,32). The molecule has 192 valence electrons. The molecule has 2 aromatic rings. The molecule has 2 rings (SSSR count). The van der Waals surface area contributed by atoms with Crippen LogP contribution in [0.2, 0.25) is 10.0 Å². The highest BCUT2D eigenvalue weighted by Gasteiger charge is 2.32. The third-order valence-corrected chi connectivity index (χ3v) is 7.63. The average molecular weight is 543 g/mol. The van der Waals surface area contributed by atoms with Crippen molar-refractivity contribution >= 4 is 50.7 Å². The maximum atomic E-state index is 13.7. The second-order valence-corrected chi connectivity index (χ2v) is 11.3. The van der Waals surface area contributed by atoms with Crippen molar-refractivity contribution in [2.45, 2.75) is 59.2 Å². The summed E-state index contributed by atoms with van der Waals surface area (Å²) in [7, 11) is -3.79. The number of nitrogens with one attached hydrogen (secondary N) is 1. The van der Waals surface area contributed by atoms with Crippen LogP contribution in [0.4, 0.5) is 5.69 Å². The molecule has 0 aliphatic carbocycles. The predicted octanol–water partition coefficient (Wildman–Crippen LogP) is 4.79. The molecule has 0 bridgehead atoms. The van der Waals surface area contributed by atoms with Gasteiger partial charge in [-0.15, -0.1) is 0 Å². The molecule has 10 heteroatoms. The van der Waals surface area contributed by atoms with E-state index in [1.54, 1.807) is 49.4 Å². The van der Waals surface area contributed by atoms with Crippen LogP contribution in [0.15, 0.2) is 42.5 Å². The maximum Gasteiger partial charge on any atom is 0.244 e. The number of hydrogen-bond acceptors (Lipinski definition) is 4. The van der Waals surface area contributed by atoms with E-state index < -0.39 is 28.5 Å². The second-order valence-electron chi connectivity index (χ2n) is 8.57. The van der Waals surface area contributed by atoms with E-state index >= 15 is 0 Å². The molecule has 2 amide bonds. The maximum absolute atomic E-state index is 13.7. The van der Waals surface area contributed by atoms with E-state index in [1.165, 1.54) is 4.90 Å². The first kappa shape index (κ1) is 28.9. The van der Waals surface area contributed by atoms with Gasteiger partial charge in [-0.2, -0.15) is 0 Å². The zero-order chi connectivity index (χ0) is 26.3. The van der Waals surface area contributed by atoms with Crippen molar-refractivity contribution in [3.63, 3.8) is 0 Å². The first-order valence-corrected chi connectivity index (χ1v) is 14.1. The quantitative estimate of drug-likeness (QED) is 0.443. The van der Waals surface area contributed by atoms with Gasteiger partial charge in [-0.1, -0.05) is 60.8 Å². The minimum Gasteiger partial charge on any atom is -0.352 e. The van der Waals surface area contributed by atoms with Crippen LogP contribution in [-0.2, 0) is 26.2 Å². The molecule has 0 aliphatic rings. The van der Waals surface area contributed by atoms with Crippen molar-refractivity contribution in [1.29, 1.82) is 0 Å². The summed E-state index contributed by atoms with van der Waals surface area (Å²) in [5.41, 5.74) is 1.80. The highest BCUT2D eigenvalue weighted by molar-refractivity contribution is 7.92. The van der Waals surface area contributed by atoms with Gasteiger partial charge in [0.2, 0.25) is 21.8 Å². The van der Waals surface area contributed by atoms with Crippen LogP contribution in [-0.4, -0.2) is 50.0 Å². The van der Waals surface area contributed by atoms with Gasteiger partial charge in [-0.05, 0) is 51.0 Å². The number of sulfonamides is 1. The largest absolute Gasteiger partial charge is 0.352 e.